The molecule has 1 aliphatic rings. The molecule has 0 N–H and O–H groups in total. The minimum absolute atomic E-state index is 0.133. The van der Waals surface area contributed by atoms with Crippen molar-refractivity contribution in [3.05, 3.63) is 35.9 Å². The molecule has 2 nitrogen and oxygen atoms in total. The second-order valence-corrected chi connectivity index (χ2v) is 12.7. The van der Waals surface area contributed by atoms with Crippen LogP contribution in [0.2, 0.25) is 18.1 Å². The van der Waals surface area contributed by atoms with Gasteiger partial charge in [-0.3, -0.25) is 4.90 Å². The maximum atomic E-state index is 14.6. The molecule has 0 aromatic heterocycles. The fourth-order valence-corrected chi connectivity index (χ4v) is 4.00. The lowest BCUT2D eigenvalue weighted by atomic mass is 10.1. The summed E-state index contributed by atoms with van der Waals surface area (Å²) >= 11 is 0. The summed E-state index contributed by atoms with van der Waals surface area (Å²) in [6, 6.07) is 10.3. The third kappa shape index (κ3) is 4.40. The van der Waals surface area contributed by atoms with Gasteiger partial charge in [-0.05, 0) is 30.1 Å². The predicted molar refractivity (Wildman–Crippen MR) is 93.3 cm³/mol. The van der Waals surface area contributed by atoms with E-state index >= 15 is 0 Å². The molecule has 0 unspecified atom stereocenters. The minimum atomic E-state index is -1.89. The topological polar surface area (TPSA) is 12.5 Å². The molecule has 1 aromatic rings. The van der Waals surface area contributed by atoms with Gasteiger partial charge in [-0.2, -0.15) is 0 Å². The number of piperidine rings is 1. The predicted octanol–water partition coefficient (Wildman–Crippen LogP) is 4.62. The first kappa shape index (κ1) is 17.6. The summed E-state index contributed by atoms with van der Waals surface area (Å²) in [4.78, 5) is 2.20. The van der Waals surface area contributed by atoms with Crippen molar-refractivity contribution in [2.24, 2.45) is 0 Å². The number of benzene rings is 1. The maximum absolute atomic E-state index is 14.6. The molecule has 0 spiro atoms. The van der Waals surface area contributed by atoms with Crippen LogP contribution in [0.5, 0.6) is 0 Å². The lowest BCUT2D eigenvalue weighted by Crippen LogP contribution is -2.52. The summed E-state index contributed by atoms with van der Waals surface area (Å²) in [5, 5.41) is 0.133. The number of likely N-dealkylation sites (tertiary alicyclic amines) is 1. The molecule has 1 fully saturated rings. The summed E-state index contributed by atoms with van der Waals surface area (Å²) < 4.78 is 20.9. The molecule has 0 aliphatic carbocycles. The SMILES string of the molecule is CC(C)(C)[Si](C)(C)O[C@H]1CCN(Cc2ccccc2)C[C@@H]1F. The number of alkyl halides is 1. The van der Waals surface area contributed by atoms with E-state index in [0.717, 1.165) is 19.5 Å². The fraction of sp³-hybridized carbons (Fsp3) is 0.667. The highest BCUT2D eigenvalue weighted by molar-refractivity contribution is 6.74. The van der Waals surface area contributed by atoms with Gasteiger partial charge in [-0.1, -0.05) is 51.1 Å². The van der Waals surface area contributed by atoms with Gasteiger partial charge in [0.25, 0.3) is 0 Å². The van der Waals surface area contributed by atoms with Crippen LogP contribution < -0.4 is 0 Å². The van der Waals surface area contributed by atoms with E-state index in [1.165, 1.54) is 5.56 Å². The molecular formula is C18H30FNOSi. The van der Waals surface area contributed by atoms with Crippen molar-refractivity contribution in [3.63, 3.8) is 0 Å². The van der Waals surface area contributed by atoms with Crippen LogP contribution in [0.15, 0.2) is 30.3 Å². The Balaban J connectivity index is 1.90. The van der Waals surface area contributed by atoms with Crippen LogP contribution >= 0.6 is 0 Å². The molecule has 1 aromatic carbocycles. The Labute approximate surface area is 135 Å². The van der Waals surface area contributed by atoms with Crippen LogP contribution in [-0.2, 0) is 11.0 Å². The van der Waals surface area contributed by atoms with Crippen molar-refractivity contribution < 1.29 is 8.82 Å². The molecule has 2 atom stereocenters. The van der Waals surface area contributed by atoms with Gasteiger partial charge in [0, 0.05) is 19.6 Å². The standard InChI is InChI=1S/C18H30FNOSi/c1-18(2,3)22(4,5)21-17-11-12-20(14-16(17)19)13-15-9-7-6-8-10-15/h6-10,16-17H,11-14H2,1-5H3/t16-,17-/m0/s1. The zero-order chi connectivity index (χ0) is 16.4. The summed E-state index contributed by atoms with van der Waals surface area (Å²) in [6.07, 6.45) is -0.319. The first-order chi connectivity index (χ1) is 10.2. The van der Waals surface area contributed by atoms with Gasteiger partial charge >= 0.3 is 0 Å². The van der Waals surface area contributed by atoms with Crippen LogP contribution in [0.4, 0.5) is 4.39 Å². The summed E-state index contributed by atoms with van der Waals surface area (Å²) in [7, 11) is -1.89. The number of nitrogens with zero attached hydrogens (tertiary/aromatic N) is 1. The van der Waals surface area contributed by atoms with Gasteiger partial charge in [0.1, 0.15) is 6.17 Å². The van der Waals surface area contributed by atoms with Gasteiger partial charge in [-0.15, -0.1) is 0 Å². The molecule has 1 aliphatic heterocycles. The highest BCUT2D eigenvalue weighted by atomic mass is 28.4. The van der Waals surface area contributed by atoms with E-state index in [0.29, 0.717) is 6.54 Å². The maximum Gasteiger partial charge on any atom is 0.192 e. The van der Waals surface area contributed by atoms with E-state index in [-0.39, 0.29) is 11.1 Å². The molecule has 0 amide bonds. The highest BCUT2D eigenvalue weighted by Crippen LogP contribution is 2.38. The van der Waals surface area contributed by atoms with Gasteiger partial charge in [0.05, 0.1) is 6.10 Å². The Morgan fingerprint density at radius 1 is 1.23 bits per heavy atom. The Bertz CT molecular complexity index is 472. The zero-order valence-electron chi connectivity index (χ0n) is 14.6. The summed E-state index contributed by atoms with van der Waals surface area (Å²) in [5.41, 5.74) is 1.25. The number of hydrogen-bond donors (Lipinski definition) is 0. The molecular weight excluding hydrogens is 293 g/mol. The normalized spacial score (nSPS) is 24.5. The Hall–Kier alpha value is -0.713. The van der Waals surface area contributed by atoms with Crippen LogP contribution in [0.25, 0.3) is 0 Å². The molecule has 2 rings (SSSR count). The van der Waals surface area contributed by atoms with Crippen molar-refractivity contribution in [1.82, 2.24) is 4.90 Å². The van der Waals surface area contributed by atoms with E-state index in [4.69, 9.17) is 4.43 Å². The lowest BCUT2D eigenvalue weighted by Gasteiger charge is -2.43. The average molecular weight is 324 g/mol. The first-order valence-electron chi connectivity index (χ1n) is 8.27. The number of hydrogen-bond acceptors (Lipinski definition) is 2. The molecule has 4 heteroatoms. The molecule has 22 heavy (non-hydrogen) atoms. The monoisotopic (exact) mass is 323 g/mol. The Morgan fingerprint density at radius 3 is 2.41 bits per heavy atom. The van der Waals surface area contributed by atoms with E-state index in [2.05, 4.69) is 50.9 Å². The van der Waals surface area contributed by atoms with Crippen molar-refractivity contribution in [2.75, 3.05) is 13.1 Å². The van der Waals surface area contributed by atoms with Crippen molar-refractivity contribution in [1.29, 1.82) is 0 Å². The highest BCUT2D eigenvalue weighted by Gasteiger charge is 2.42. The van der Waals surface area contributed by atoms with Crippen molar-refractivity contribution >= 4 is 8.32 Å². The fourth-order valence-electron chi connectivity index (χ4n) is 2.62. The zero-order valence-corrected chi connectivity index (χ0v) is 15.6. The largest absolute Gasteiger partial charge is 0.411 e. The van der Waals surface area contributed by atoms with Gasteiger partial charge in [-0.25, -0.2) is 4.39 Å². The quantitative estimate of drug-likeness (QED) is 0.750. The smallest absolute Gasteiger partial charge is 0.192 e. The molecule has 0 bridgehead atoms. The molecule has 0 radical (unpaired) electrons. The van der Waals surface area contributed by atoms with Gasteiger partial charge in [0.2, 0.25) is 0 Å². The summed E-state index contributed by atoms with van der Waals surface area (Å²) in [5.74, 6) is 0. The van der Waals surface area contributed by atoms with E-state index < -0.39 is 14.5 Å². The number of rotatable bonds is 4. The molecule has 1 heterocycles. The number of halogens is 1. The third-order valence-corrected chi connectivity index (χ3v) is 9.57. The first-order valence-corrected chi connectivity index (χ1v) is 11.2. The van der Waals surface area contributed by atoms with E-state index in [9.17, 15) is 4.39 Å². The van der Waals surface area contributed by atoms with Crippen molar-refractivity contribution in [3.8, 4) is 0 Å². The second kappa shape index (κ2) is 6.81. The van der Waals surface area contributed by atoms with Crippen LogP contribution in [0, 0.1) is 0 Å². The van der Waals surface area contributed by atoms with Gasteiger partial charge in [0.15, 0.2) is 8.32 Å². The Morgan fingerprint density at radius 2 is 1.86 bits per heavy atom. The van der Waals surface area contributed by atoms with Crippen molar-refractivity contribution in [2.45, 2.75) is 64.1 Å². The second-order valence-electron chi connectivity index (χ2n) is 7.94. The third-order valence-electron chi connectivity index (χ3n) is 5.07. The molecule has 124 valence electrons. The van der Waals surface area contributed by atoms with Crippen LogP contribution in [-0.4, -0.2) is 38.6 Å². The van der Waals surface area contributed by atoms with E-state index in [1.807, 2.05) is 18.2 Å². The Kier molecular flexibility index (Phi) is 5.46. The molecule has 0 saturated carbocycles. The summed E-state index contributed by atoms with van der Waals surface area (Å²) in [6.45, 7) is 13.2. The average Bonchev–Trinajstić information content (AvgIpc) is 2.42. The van der Waals surface area contributed by atoms with Crippen LogP contribution in [0.3, 0.4) is 0 Å². The van der Waals surface area contributed by atoms with E-state index in [1.54, 1.807) is 0 Å². The minimum Gasteiger partial charge on any atom is -0.411 e. The van der Waals surface area contributed by atoms with Crippen LogP contribution in [0.1, 0.15) is 32.8 Å². The lowest BCUT2D eigenvalue weighted by molar-refractivity contribution is 0.0113. The molecule has 1 saturated heterocycles. The van der Waals surface area contributed by atoms with Gasteiger partial charge < -0.3 is 4.43 Å².